The minimum Gasteiger partial charge on any atom is -0.396 e. The predicted molar refractivity (Wildman–Crippen MR) is 70.8 cm³/mol. The molecule has 2 rings (SSSR count). The van der Waals surface area contributed by atoms with Crippen LogP contribution in [-0.2, 0) is 6.54 Å². The Balaban J connectivity index is 2.07. The largest absolute Gasteiger partial charge is 0.396 e. The Hall–Kier alpha value is -1.00. The summed E-state index contributed by atoms with van der Waals surface area (Å²) in [5, 5.41) is 12.8. The lowest BCUT2D eigenvalue weighted by Crippen LogP contribution is -2.39. The number of hydrogen-bond donors (Lipinski definition) is 2. The molecule has 0 spiro atoms. The number of aromatic nitrogens is 1. The molecule has 1 saturated carbocycles. The Morgan fingerprint density at radius 1 is 1.61 bits per heavy atom. The fourth-order valence-electron chi connectivity index (χ4n) is 2.61. The second-order valence-corrected chi connectivity index (χ2v) is 5.22. The van der Waals surface area contributed by atoms with Crippen molar-refractivity contribution in [3.05, 3.63) is 23.0 Å². The van der Waals surface area contributed by atoms with Crippen LogP contribution in [0.5, 0.6) is 0 Å². The smallest absolute Gasteiger partial charge is 0.268 e. The monoisotopic (exact) mass is 270 g/mol. The lowest BCUT2D eigenvalue weighted by Gasteiger charge is -2.19. The summed E-state index contributed by atoms with van der Waals surface area (Å²) in [6, 6.07) is 1.77. The number of nitrogens with zero attached hydrogens (tertiary/aromatic N) is 1. The second kappa shape index (κ2) is 5.76. The van der Waals surface area contributed by atoms with Gasteiger partial charge in [0.1, 0.15) is 5.69 Å². The van der Waals surface area contributed by atoms with Crippen molar-refractivity contribution in [1.82, 2.24) is 9.88 Å². The van der Waals surface area contributed by atoms with Gasteiger partial charge in [-0.15, -0.1) is 0 Å². The molecule has 18 heavy (non-hydrogen) atoms. The van der Waals surface area contributed by atoms with E-state index in [-0.39, 0.29) is 24.5 Å². The first kappa shape index (κ1) is 13.4. The summed E-state index contributed by atoms with van der Waals surface area (Å²) in [5.41, 5.74) is 0.589. The maximum atomic E-state index is 12.2. The number of aliphatic hydroxyl groups is 1. The number of aryl methyl sites for hydroxylation is 1. The topological polar surface area (TPSA) is 54.3 Å². The van der Waals surface area contributed by atoms with Gasteiger partial charge < -0.3 is 15.0 Å². The quantitative estimate of drug-likeness (QED) is 0.880. The van der Waals surface area contributed by atoms with Crippen LogP contribution in [0.15, 0.2) is 12.3 Å². The highest BCUT2D eigenvalue weighted by molar-refractivity contribution is 6.31. The van der Waals surface area contributed by atoms with Gasteiger partial charge in [0, 0.05) is 31.3 Å². The molecular weight excluding hydrogens is 252 g/mol. The van der Waals surface area contributed by atoms with Crippen molar-refractivity contribution < 1.29 is 9.90 Å². The van der Waals surface area contributed by atoms with E-state index in [0.29, 0.717) is 17.3 Å². The van der Waals surface area contributed by atoms with E-state index in [1.54, 1.807) is 12.3 Å². The average molecular weight is 271 g/mol. The highest BCUT2D eigenvalue weighted by Crippen LogP contribution is 2.25. The van der Waals surface area contributed by atoms with Gasteiger partial charge in [-0.05, 0) is 25.8 Å². The zero-order valence-electron chi connectivity index (χ0n) is 10.5. The number of rotatable bonds is 4. The summed E-state index contributed by atoms with van der Waals surface area (Å²) in [7, 11) is 0. The number of halogens is 1. The SMILES string of the molecule is CCn1cc(Cl)cc1C(=O)NC1CCCC1CO. The predicted octanol–water partition coefficient (Wildman–Crippen LogP) is 2.05. The fourth-order valence-corrected chi connectivity index (χ4v) is 2.84. The van der Waals surface area contributed by atoms with Crippen LogP contribution < -0.4 is 5.32 Å². The van der Waals surface area contributed by atoms with Crippen LogP contribution in [0.3, 0.4) is 0 Å². The van der Waals surface area contributed by atoms with Gasteiger partial charge >= 0.3 is 0 Å². The Labute approximate surface area is 112 Å². The normalized spacial score (nSPS) is 23.3. The van der Waals surface area contributed by atoms with Gasteiger partial charge in [-0.2, -0.15) is 0 Å². The molecule has 100 valence electrons. The standard InChI is InChI=1S/C13H19ClN2O2/c1-2-16-7-10(14)6-12(16)13(18)15-11-5-3-4-9(11)8-17/h6-7,9,11,17H,2-5,8H2,1H3,(H,15,18). The number of carbonyl (C=O) groups excluding carboxylic acids is 1. The van der Waals surface area contributed by atoms with E-state index >= 15 is 0 Å². The van der Waals surface area contributed by atoms with E-state index in [0.717, 1.165) is 19.3 Å². The molecule has 1 fully saturated rings. The van der Waals surface area contributed by atoms with Crippen LogP contribution in [0, 0.1) is 5.92 Å². The first-order valence-corrected chi connectivity index (χ1v) is 6.81. The highest BCUT2D eigenvalue weighted by atomic mass is 35.5. The number of hydrogen-bond acceptors (Lipinski definition) is 2. The minimum absolute atomic E-state index is 0.0847. The molecule has 2 unspecified atom stereocenters. The molecule has 0 aliphatic heterocycles. The maximum absolute atomic E-state index is 12.2. The summed E-state index contributed by atoms with van der Waals surface area (Å²) in [6.45, 7) is 2.82. The summed E-state index contributed by atoms with van der Waals surface area (Å²) in [4.78, 5) is 12.2. The van der Waals surface area contributed by atoms with Crippen molar-refractivity contribution in [2.45, 2.75) is 38.8 Å². The summed E-state index contributed by atoms with van der Waals surface area (Å²) >= 11 is 5.92. The molecule has 1 amide bonds. The average Bonchev–Trinajstić information content (AvgIpc) is 2.94. The number of nitrogens with one attached hydrogen (secondary N) is 1. The molecule has 0 bridgehead atoms. The zero-order valence-corrected chi connectivity index (χ0v) is 11.3. The molecule has 2 atom stereocenters. The second-order valence-electron chi connectivity index (χ2n) is 4.78. The van der Waals surface area contributed by atoms with Crippen LogP contribution in [0.1, 0.15) is 36.7 Å². The molecule has 1 heterocycles. The van der Waals surface area contributed by atoms with Crippen molar-refractivity contribution in [3.63, 3.8) is 0 Å². The molecule has 4 nitrogen and oxygen atoms in total. The lowest BCUT2D eigenvalue weighted by molar-refractivity contribution is 0.0907. The minimum atomic E-state index is -0.103. The van der Waals surface area contributed by atoms with Crippen LogP contribution >= 0.6 is 11.6 Å². The molecule has 1 aromatic heterocycles. The van der Waals surface area contributed by atoms with E-state index in [2.05, 4.69) is 5.32 Å². The Morgan fingerprint density at radius 2 is 2.39 bits per heavy atom. The van der Waals surface area contributed by atoms with E-state index in [9.17, 15) is 9.90 Å². The Bertz CT molecular complexity index is 431. The Kier molecular flexibility index (Phi) is 4.30. The third-order valence-electron chi connectivity index (χ3n) is 3.65. The van der Waals surface area contributed by atoms with E-state index in [1.165, 1.54) is 0 Å². The van der Waals surface area contributed by atoms with Crippen molar-refractivity contribution in [1.29, 1.82) is 0 Å². The zero-order chi connectivity index (χ0) is 13.1. The third kappa shape index (κ3) is 2.70. The fraction of sp³-hybridized carbons (Fsp3) is 0.615. The first-order chi connectivity index (χ1) is 8.65. The van der Waals surface area contributed by atoms with Gasteiger partial charge in [0.15, 0.2) is 0 Å². The van der Waals surface area contributed by atoms with Crippen LogP contribution in [0.4, 0.5) is 0 Å². The van der Waals surface area contributed by atoms with Crippen molar-refractivity contribution >= 4 is 17.5 Å². The Morgan fingerprint density at radius 3 is 3.06 bits per heavy atom. The lowest BCUT2D eigenvalue weighted by atomic mass is 10.1. The van der Waals surface area contributed by atoms with Crippen molar-refractivity contribution in [3.8, 4) is 0 Å². The van der Waals surface area contributed by atoms with Gasteiger partial charge in [-0.1, -0.05) is 18.0 Å². The first-order valence-electron chi connectivity index (χ1n) is 6.43. The van der Waals surface area contributed by atoms with Crippen molar-refractivity contribution in [2.75, 3.05) is 6.61 Å². The molecule has 1 aromatic rings. The van der Waals surface area contributed by atoms with Crippen LogP contribution in [0.2, 0.25) is 5.02 Å². The molecule has 1 aliphatic carbocycles. The summed E-state index contributed by atoms with van der Waals surface area (Å²) < 4.78 is 1.83. The van der Waals surface area contributed by atoms with Crippen LogP contribution in [-0.4, -0.2) is 28.2 Å². The molecule has 0 saturated heterocycles. The van der Waals surface area contributed by atoms with Crippen LogP contribution in [0.25, 0.3) is 0 Å². The van der Waals surface area contributed by atoms with Crippen molar-refractivity contribution in [2.24, 2.45) is 5.92 Å². The highest BCUT2D eigenvalue weighted by Gasteiger charge is 2.28. The maximum Gasteiger partial charge on any atom is 0.268 e. The summed E-state index contributed by atoms with van der Waals surface area (Å²) in [6.07, 6.45) is 4.74. The van der Waals surface area contributed by atoms with Gasteiger partial charge in [-0.3, -0.25) is 4.79 Å². The molecule has 0 radical (unpaired) electrons. The molecule has 5 heteroatoms. The molecule has 0 aromatic carbocycles. The van der Waals surface area contributed by atoms with Gasteiger partial charge in [0.25, 0.3) is 5.91 Å². The number of aliphatic hydroxyl groups excluding tert-OH is 1. The van der Waals surface area contributed by atoms with Gasteiger partial charge in [0.05, 0.1) is 5.02 Å². The van der Waals surface area contributed by atoms with Gasteiger partial charge in [-0.25, -0.2) is 0 Å². The molecule has 1 aliphatic rings. The van der Waals surface area contributed by atoms with Gasteiger partial charge in [0.2, 0.25) is 0 Å². The van der Waals surface area contributed by atoms with E-state index in [1.807, 2.05) is 11.5 Å². The number of amides is 1. The number of carbonyl (C=O) groups is 1. The molecular formula is C13H19ClN2O2. The van der Waals surface area contributed by atoms with E-state index in [4.69, 9.17) is 11.6 Å². The summed E-state index contributed by atoms with van der Waals surface area (Å²) in [5.74, 6) is 0.0866. The third-order valence-corrected chi connectivity index (χ3v) is 3.85. The molecule has 2 N–H and O–H groups in total. The van der Waals surface area contributed by atoms with E-state index < -0.39 is 0 Å².